The number of aryl methyl sites for hydroxylation is 1. The first kappa shape index (κ1) is 29.3. The molecule has 0 aliphatic heterocycles. The lowest BCUT2D eigenvalue weighted by Gasteiger charge is -2.28. The van der Waals surface area contributed by atoms with E-state index >= 15 is 0 Å². The molecule has 0 unspecified atom stereocenters. The van der Waals surface area contributed by atoms with Crippen LogP contribution in [0.5, 0.6) is 0 Å². The van der Waals surface area contributed by atoms with E-state index < -0.39 is 0 Å². The van der Waals surface area contributed by atoms with Crippen LogP contribution in [0.4, 0.5) is 17.1 Å². The van der Waals surface area contributed by atoms with Crippen LogP contribution in [0.1, 0.15) is 5.56 Å². The Kier molecular flexibility index (Phi) is 6.75. The molecule has 1 heterocycles. The number of nitrogens with zero attached hydrogens (tertiary/aromatic N) is 1. The van der Waals surface area contributed by atoms with Crippen molar-refractivity contribution in [3.05, 3.63) is 188 Å². The Hall–Kier alpha value is -6.64. The third kappa shape index (κ3) is 4.80. The van der Waals surface area contributed by atoms with Crippen molar-refractivity contribution in [1.82, 2.24) is 0 Å². The van der Waals surface area contributed by atoms with Gasteiger partial charge in [0.2, 0.25) is 0 Å². The van der Waals surface area contributed by atoms with E-state index in [4.69, 9.17) is 4.42 Å². The van der Waals surface area contributed by atoms with Gasteiger partial charge in [0.05, 0.1) is 0 Å². The number of benzene rings is 9. The third-order valence-corrected chi connectivity index (χ3v) is 10.4. The zero-order chi connectivity index (χ0) is 33.9. The monoisotopic (exact) mass is 651 g/mol. The highest BCUT2D eigenvalue weighted by Crippen LogP contribution is 2.43. The Morgan fingerprint density at radius 2 is 0.941 bits per heavy atom. The molecule has 9 aromatic carbocycles. The van der Waals surface area contributed by atoms with Gasteiger partial charge in [0, 0.05) is 33.4 Å². The maximum absolute atomic E-state index is 6.41. The minimum Gasteiger partial charge on any atom is -0.455 e. The molecule has 0 saturated carbocycles. The highest BCUT2D eigenvalue weighted by atomic mass is 16.3. The van der Waals surface area contributed by atoms with E-state index in [1.54, 1.807) is 0 Å². The van der Waals surface area contributed by atoms with Crippen molar-refractivity contribution in [1.29, 1.82) is 0 Å². The Morgan fingerprint density at radius 3 is 1.65 bits per heavy atom. The van der Waals surface area contributed by atoms with Crippen LogP contribution in [0.25, 0.3) is 76.5 Å². The molecule has 0 N–H and O–H groups in total. The summed E-state index contributed by atoms with van der Waals surface area (Å²) in [5, 5.41) is 9.89. The number of hydrogen-bond donors (Lipinski definition) is 0. The van der Waals surface area contributed by atoms with Crippen LogP contribution in [-0.4, -0.2) is 0 Å². The molecule has 240 valence electrons. The summed E-state index contributed by atoms with van der Waals surface area (Å²) in [6.07, 6.45) is 0. The van der Waals surface area contributed by atoms with E-state index in [1.807, 2.05) is 12.1 Å². The topological polar surface area (TPSA) is 16.4 Å². The molecular weight excluding hydrogens is 619 g/mol. The van der Waals surface area contributed by atoms with Crippen LogP contribution >= 0.6 is 0 Å². The number of para-hydroxylation sites is 2. The Balaban J connectivity index is 1.16. The molecule has 0 fully saturated rings. The molecule has 51 heavy (non-hydrogen) atoms. The van der Waals surface area contributed by atoms with E-state index in [2.05, 4.69) is 182 Å². The van der Waals surface area contributed by atoms with E-state index in [0.717, 1.165) is 50.1 Å². The lowest BCUT2D eigenvalue weighted by molar-refractivity contribution is 0.670. The molecule has 2 heteroatoms. The van der Waals surface area contributed by atoms with Crippen molar-refractivity contribution >= 4 is 71.3 Å². The fourth-order valence-corrected chi connectivity index (χ4v) is 7.94. The lowest BCUT2D eigenvalue weighted by atomic mass is 9.93. The van der Waals surface area contributed by atoms with Gasteiger partial charge in [-0.1, -0.05) is 140 Å². The maximum Gasteiger partial charge on any atom is 0.143 e. The van der Waals surface area contributed by atoms with Gasteiger partial charge in [-0.3, -0.25) is 0 Å². The molecule has 0 aliphatic rings. The summed E-state index contributed by atoms with van der Waals surface area (Å²) in [6.45, 7) is 2.22. The smallest absolute Gasteiger partial charge is 0.143 e. The molecule has 0 bridgehead atoms. The number of furan rings is 1. The van der Waals surface area contributed by atoms with Gasteiger partial charge in [0.15, 0.2) is 0 Å². The zero-order valence-electron chi connectivity index (χ0n) is 28.2. The van der Waals surface area contributed by atoms with E-state index in [9.17, 15) is 0 Å². The van der Waals surface area contributed by atoms with Crippen molar-refractivity contribution in [3.63, 3.8) is 0 Å². The quantitative estimate of drug-likeness (QED) is 0.172. The second kappa shape index (κ2) is 11.8. The van der Waals surface area contributed by atoms with Crippen molar-refractivity contribution in [2.45, 2.75) is 6.92 Å². The molecular formula is C49H33NO. The number of fused-ring (bicyclic) bond motifs is 9. The number of anilines is 3. The summed E-state index contributed by atoms with van der Waals surface area (Å²) in [6, 6.07) is 65.6. The largest absolute Gasteiger partial charge is 0.455 e. The van der Waals surface area contributed by atoms with Gasteiger partial charge in [-0.2, -0.15) is 0 Å². The first-order valence-electron chi connectivity index (χ1n) is 17.5. The second-order valence-corrected chi connectivity index (χ2v) is 13.4. The molecule has 0 aliphatic carbocycles. The summed E-state index contributed by atoms with van der Waals surface area (Å²) >= 11 is 0. The van der Waals surface area contributed by atoms with Crippen molar-refractivity contribution in [3.8, 4) is 22.3 Å². The van der Waals surface area contributed by atoms with Crippen LogP contribution in [0.3, 0.4) is 0 Å². The second-order valence-electron chi connectivity index (χ2n) is 13.4. The third-order valence-electron chi connectivity index (χ3n) is 10.4. The minimum absolute atomic E-state index is 0.911. The predicted octanol–water partition coefficient (Wildman–Crippen LogP) is 14.2. The molecule has 0 atom stereocenters. The van der Waals surface area contributed by atoms with Crippen LogP contribution < -0.4 is 4.90 Å². The van der Waals surface area contributed by atoms with Gasteiger partial charge >= 0.3 is 0 Å². The summed E-state index contributed by atoms with van der Waals surface area (Å²) in [5.74, 6) is 0. The normalized spacial score (nSPS) is 11.6. The molecule has 0 spiro atoms. The Bertz CT molecular complexity index is 2880. The van der Waals surface area contributed by atoms with Gasteiger partial charge in [0.25, 0.3) is 0 Å². The SMILES string of the molecule is Cc1cc(-c2ccccc2)ccc1N(c1ccc(-c2cccc3c2oc2ccccc23)cc1)c1ccc2c3ccccc3c3ccccc3c2c1. The van der Waals surface area contributed by atoms with E-state index in [1.165, 1.54) is 49.0 Å². The zero-order valence-corrected chi connectivity index (χ0v) is 28.2. The highest BCUT2D eigenvalue weighted by molar-refractivity contribution is 6.25. The molecule has 0 radical (unpaired) electrons. The van der Waals surface area contributed by atoms with Crippen LogP contribution in [0.2, 0.25) is 0 Å². The molecule has 0 saturated heterocycles. The molecule has 0 amide bonds. The summed E-state index contributed by atoms with van der Waals surface area (Å²) in [7, 11) is 0. The fourth-order valence-electron chi connectivity index (χ4n) is 7.94. The molecule has 1 aromatic heterocycles. The molecule has 10 rings (SSSR count). The van der Waals surface area contributed by atoms with Gasteiger partial charge in [0.1, 0.15) is 11.2 Å². The van der Waals surface area contributed by atoms with Gasteiger partial charge in [-0.15, -0.1) is 0 Å². The lowest BCUT2D eigenvalue weighted by Crippen LogP contribution is -2.11. The number of rotatable bonds is 5. The fraction of sp³-hybridized carbons (Fsp3) is 0.0204. The van der Waals surface area contributed by atoms with Gasteiger partial charge < -0.3 is 9.32 Å². The summed E-state index contributed by atoms with van der Waals surface area (Å²) in [5.41, 5.74) is 11.0. The van der Waals surface area contributed by atoms with Crippen LogP contribution in [-0.2, 0) is 0 Å². The predicted molar refractivity (Wildman–Crippen MR) is 217 cm³/mol. The van der Waals surface area contributed by atoms with Crippen LogP contribution in [0.15, 0.2) is 186 Å². The van der Waals surface area contributed by atoms with E-state index in [0.29, 0.717) is 0 Å². The molecule has 2 nitrogen and oxygen atoms in total. The molecule has 10 aromatic rings. The standard InChI is InChI=1S/C49H33NO/c1-32-30-35(33-12-3-2-4-13-33)24-29-47(32)50(37-27-28-43-41-16-6-5-14-39(41)40-15-7-8-17-42(40)46(43)31-37)36-25-22-34(23-26-36)38-19-11-20-45-44-18-9-10-21-48(44)51-49(38)45/h2-31H,1H3. The van der Waals surface area contributed by atoms with Gasteiger partial charge in [-0.25, -0.2) is 0 Å². The van der Waals surface area contributed by atoms with Crippen molar-refractivity contribution in [2.24, 2.45) is 0 Å². The maximum atomic E-state index is 6.41. The average Bonchev–Trinajstić information content (AvgIpc) is 3.58. The summed E-state index contributed by atoms with van der Waals surface area (Å²) in [4.78, 5) is 2.40. The highest BCUT2D eigenvalue weighted by Gasteiger charge is 2.19. The Morgan fingerprint density at radius 1 is 0.373 bits per heavy atom. The first-order chi connectivity index (χ1) is 25.2. The average molecular weight is 652 g/mol. The number of hydrogen-bond acceptors (Lipinski definition) is 2. The first-order valence-corrected chi connectivity index (χ1v) is 17.5. The van der Waals surface area contributed by atoms with Crippen molar-refractivity contribution < 1.29 is 4.42 Å². The van der Waals surface area contributed by atoms with Crippen molar-refractivity contribution in [2.75, 3.05) is 4.90 Å². The van der Waals surface area contributed by atoms with Crippen LogP contribution in [0, 0.1) is 6.92 Å². The van der Waals surface area contributed by atoms with E-state index in [-0.39, 0.29) is 0 Å². The minimum atomic E-state index is 0.911. The Labute approximate surface area is 296 Å². The van der Waals surface area contributed by atoms with Gasteiger partial charge in [-0.05, 0) is 104 Å². The summed E-state index contributed by atoms with van der Waals surface area (Å²) < 4.78 is 6.41.